The fourth-order valence-electron chi connectivity index (χ4n) is 2.40. The summed E-state index contributed by atoms with van der Waals surface area (Å²) >= 11 is 0. The quantitative estimate of drug-likeness (QED) is 0.842. The molecule has 5 heteroatoms. The molecule has 1 aliphatic rings. The molecule has 1 heterocycles. The van der Waals surface area contributed by atoms with E-state index >= 15 is 0 Å². The number of ether oxygens (including phenoxy) is 1. The van der Waals surface area contributed by atoms with E-state index in [-0.39, 0.29) is 12.1 Å². The maximum Gasteiger partial charge on any atom is 0.223 e. The van der Waals surface area contributed by atoms with Gasteiger partial charge in [0.15, 0.2) is 5.82 Å². The Morgan fingerprint density at radius 1 is 1.31 bits per heavy atom. The van der Waals surface area contributed by atoms with Gasteiger partial charge in [-0.3, -0.25) is 0 Å². The Bertz CT molecular complexity index is 339. The van der Waals surface area contributed by atoms with Crippen LogP contribution in [0, 0.1) is 5.92 Å². The number of methoxy groups -OCH3 is 1. The Morgan fingerprint density at radius 2 is 2.06 bits per heavy atom. The van der Waals surface area contributed by atoms with Gasteiger partial charge in [-0.25, -0.2) is 9.97 Å². The number of anilines is 1. The average molecular weight is 222 g/mol. The van der Waals surface area contributed by atoms with Gasteiger partial charge in [0.05, 0.1) is 0 Å². The summed E-state index contributed by atoms with van der Waals surface area (Å²) in [6.07, 6.45) is 7.65. The minimum Gasteiger partial charge on any atom is -0.373 e. The van der Waals surface area contributed by atoms with Gasteiger partial charge in [0, 0.05) is 7.11 Å². The molecule has 0 amide bonds. The van der Waals surface area contributed by atoms with Crippen molar-refractivity contribution in [2.45, 2.75) is 38.2 Å². The van der Waals surface area contributed by atoms with Gasteiger partial charge in [-0.15, -0.1) is 0 Å². The number of rotatable bonds is 3. The highest BCUT2D eigenvalue weighted by atomic mass is 16.5. The molecule has 1 aromatic rings. The minimum atomic E-state index is -0.0365. The molecule has 16 heavy (non-hydrogen) atoms. The maximum absolute atomic E-state index is 5.56. The SMILES string of the molecule is COC(c1ncnc(N)n1)C1CCCCC1. The molecule has 0 spiro atoms. The highest BCUT2D eigenvalue weighted by Gasteiger charge is 2.27. The van der Waals surface area contributed by atoms with Gasteiger partial charge in [0.2, 0.25) is 5.95 Å². The normalized spacial score (nSPS) is 19.6. The molecule has 5 nitrogen and oxygen atoms in total. The third kappa shape index (κ3) is 2.47. The van der Waals surface area contributed by atoms with Crippen LogP contribution in [0.25, 0.3) is 0 Å². The van der Waals surface area contributed by atoms with E-state index in [1.165, 1.54) is 38.4 Å². The number of nitrogens with two attached hydrogens (primary N) is 1. The van der Waals surface area contributed by atoms with Crippen LogP contribution in [0.2, 0.25) is 0 Å². The second-order valence-electron chi connectivity index (χ2n) is 4.26. The predicted molar refractivity (Wildman–Crippen MR) is 60.6 cm³/mol. The summed E-state index contributed by atoms with van der Waals surface area (Å²) in [5, 5.41) is 0. The first-order valence-corrected chi connectivity index (χ1v) is 5.78. The van der Waals surface area contributed by atoms with Gasteiger partial charge in [-0.1, -0.05) is 19.3 Å². The summed E-state index contributed by atoms with van der Waals surface area (Å²) in [5.74, 6) is 1.45. The van der Waals surface area contributed by atoms with Gasteiger partial charge in [0.25, 0.3) is 0 Å². The van der Waals surface area contributed by atoms with E-state index in [4.69, 9.17) is 10.5 Å². The predicted octanol–water partition coefficient (Wildman–Crippen LogP) is 1.72. The van der Waals surface area contributed by atoms with Crippen molar-refractivity contribution >= 4 is 5.95 Å². The summed E-state index contributed by atoms with van der Waals surface area (Å²) in [7, 11) is 1.71. The molecule has 0 radical (unpaired) electrons. The number of hydrogen-bond acceptors (Lipinski definition) is 5. The molecule has 1 fully saturated rings. The van der Waals surface area contributed by atoms with Crippen LogP contribution in [0.1, 0.15) is 44.0 Å². The number of aromatic nitrogens is 3. The van der Waals surface area contributed by atoms with Crippen molar-refractivity contribution in [2.75, 3.05) is 12.8 Å². The third-order valence-corrected chi connectivity index (χ3v) is 3.20. The molecule has 0 aliphatic heterocycles. The topological polar surface area (TPSA) is 73.9 Å². The van der Waals surface area contributed by atoms with E-state index in [2.05, 4.69) is 15.0 Å². The zero-order valence-electron chi connectivity index (χ0n) is 9.59. The van der Waals surface area contributed by atoms with E-state index in [0.717, 1.165) is 0 Å². The van der Waals surface area contributed by atoms with Gasteiger partial charge in [-0.2, -0.15) is 4.98 Å². The summed E-state index contributed by atoms with van der Waals surface area (Å²) in [6, 6.07) is 0. The molecule has 0 bridgehead atoms. The van der Waals surface area contributed by atoms with E-state index in [1.54, 1.807) is 7.11 Å². The van der Waals surface area contributed by atoms with E-state index < -0.39 is 0 Å². The van der Waals surface area contributed by atoms with E-state index in [1.807, 2.05) is 0 Å². The molecule has 1 aromatic heterocycles. The smallest absolute Gasteiger partial charge is 0.223 e. The molecule has 1 unspecified atom stereocenters. The van der Waals surface area contributed by atoms with Crippen LogP contribution in [-0.4, -0.2) is 22.1 Å². The van der Waals surface area contributed by atoms with Crippen LogP contribution in [0.5, 0.6) is 0 Å². The third-order valence-electron chi connectivity index (χ3n) is 3.20. The Morgan fingerprint density at radius 3 is 2.69 bits per heavy atom. The molecular weight excluding hydrogens is 204 g/mol. The molecule has 0 aromatic carbocycles. The van der Waals surface area contributed by atoms with Gasteiger partial charge in [0.1, 0.15) is 12.4 Å². The van der Waals surface area contributed by atoms with Crippen molar-refractivity contribution in [2.24, 2.45) is 5.92 Å². The van der Waals surface area contributed by atoms with Crippen LogP contribution in [0.4, 0.5) is 5.95 Å². The first kappa shape index (κ1) is 11.3. The highest BCUT2D eigenvalue weighted by Crippen LogP contribution is 2.34. The van der Waals surface area contributed by atoms with Gasteiger partial charge in [-0.05, 0) is 18.8 Å². The zero-order valence-corrected chi connectivity index (χ0v) is 9.59. The zero-order chi connectivity index (χ0) is 11.4. The molecule has 1 saturated carbocycles. The van der Waals surface area contributed by atoms with Crippen molar-refractivity contribution < 1.29 is 4.74 Å². The molecule has 0 saturated heterocycles. The van der Waals surface area contributed by atoms with Crippen LogP contribution < -0.4 is 5.73 Å². The molecular formula is C11H18N4O. The Labute approximate surface area is 95.5 Å². The lowest BCUT2D eigenvalue weighted by Crippen LogP contribution is -2.20. The molecule has 1 atom stereocenters. The van der Waals surface area contributed by atoms with Crippen molar-refractivity contribution in [3.8, 4) is 0 Å². The Kier molecular flexibility index (Phi) is 3.66. The van der Waals surface area contributed by atoms with Crippen molar-refractivity contribution in [3.63, 3.8) is 0 Å². The van der Waals surface area contributed by atoms with Crippen LogP contribution >= 0.6 is 0 Å². The first-order chi connectivity index (χ1) is 7.81. The monoisotopic (exact) mass is 222 g/mol. The van der Waals surface area contributed by atoms with Crippen LogP contribution in [-0.2, 0) is 4.74 Å². The lowest BCUT2D eigenvalue weighted by Gasteiger charge is -2.27. The first-order valence-electron chi connectivity index (χ1n) is 5.78. The number of nitrogens with zero attached hydrogens (tertiary/aromatic N) is 3. The standard InChI is InChI=1S/C11H18N4O/c1-16-9(8-5-3-2-4-6-8)10-13-7-14-11(12)15-10/h7-9H,2-6H2,1H3,(H2,12,13,14,15). The van der Waals surface area contributed by atoms with E-state index in [0.29, 0.717) is 11.7 Å². The maximum atomic E-state index is 5.56. The molecule has 2 rings (SSSR count). The van der Waals surface area contributed by atoms with Crippen LogP contribution in [0.3, 0.4) is 0 Å². The Hall–Kier alpha value is -1.23. The van der Waals surface area contributed by atoms with Crippen LogP contribution in [0.15, 0.2) is 6.33 Å². The lowest BCUT2D eigenvalue weighted by atomic mass is 9.85. The summed E-state index contributed by atoms with van der Waals surface area (Å²) in [5.41, 5.74) is 5.56. The molecule has 2 N–H and O–H groups in total. The largest absolute Gasteiger partial charge is 0.373 e. The van der Waals surface area contributed by atoms with Crippen molar-refractivity contribution in [1.29, 1.82) is 0 Å². The van der Waals surface area contributed by atoms with Crippen molar-refractivity contribution in [1.82, 2.24) is 15.0 Å². The minimum absolute atomic E-state index is 0.0365. The number of hydrogen-bond donors (Lipinski definition) is 1. The van der Waals surface area contributed by atoms with E-state index in [9.17, 15) is 0 Å². The van der Waals surface area contributed by atoms with Gasteiger partial charge >= 0.3 is 0 Å². The fraction of sp³-hybridized carbons (Fsp3) is 0.727. The highest BCUT2D eigenvalue weighted by molar-refractivity contribution is 5.13. The fourth-order valence-corrected chi connectivity index (χ4v) is 2.40. The number of nitrogen functional groups attached to an aromatic ring is 1. The summed E-state index contributed by atoms with van der Waals surface area (Å²) in [6.45, 7) is 0. The second kappa shape index (κ2) is 5.21. The van der Waals surface area contributed by atoms with Gasteiger partial charge < -0.3 is 10.5 Å². The average Bonchev–Trinajstić information content (AvgIpc) is 2.31. The van der Waals surface area contributed by atoms with Crippen molar-refractivity contribution in [3.05, 3.63) is 12.2 Å². The summed E-state index contributed by atoms with van der Waals surface area (Å²) in [4.78, 5) is 12.1. The molecule has 1 aliphatic carbocycles. The second-order valence-corrected chi connectivity index (χ2v) is 4.26. The Balaban J connectivity index is 2.14. The summed E-state index contributed by atoms with van der Waals surface area (Å²) < 4.78 is 5.52. The lowest BCUT2D eigenvalue weighted by molar-refractivity contribution is 0.0289. The molecule has 88 valence electrons.